The number of nitrogens with two attached hydrogens (primary N) is 1. The molecular formula is C15H16N2. The summed E-state index contributed by atoms with van der Waals surface area (Å²) in [6.45, 7) is 0. The fraction of sp³-hybridized carbons (Fsp3) is 0.267. The monoisotopic (exact) mass is 224 g/mol. The Labute approximate surface area is 102 Å². The van der Waals surface area contributed by atoms with Crippen molar-refractivity contribution < 1.29 is 0 Å². The summed E-state index contributed by atoms with van der Waals surface area (Å²) >= 11 is 0. The van der Waals surface area contributed by atoms with Crippen molar-refractivity contribution in [1.82, 2.24) is 4.98 Å². The molecule has 2 aromatic rings. The Balaban J connectivity index is 1.95. The molecule has 0 saturated heterocycles. The molecule has 1 saturated carbocycles. The normalized spacial score (nSPS) is 18.6. The van der Waals surface area contributed by atoms with Gasteiger partial charge in [0, 0.05) is 23.9 Å². The van der Waals surface area contributed by atoms with Gasteiger partial charge in [-0.2, -0.15) is 0 Å². The van der Waals surface area contributed by atoms with E-state index >= 15 is 0 Å². The summed E-state index contributed by atoms with van der Waals surface area (Å²) in [6.07, 6.45) is 6.02. The zero-order valence-electron chi connectivity index (χ0n) is 9.71. The summed E-state index contributed by atoms with van der Waals surface area (Å²) in [5.41, 5.74) is 9.06. The van der Waals surface area contributed by atoms with Gasteiger partial charge in [-0.15, -0.1) is 0 Å². The van der Waals surface area contributed by atoms with Crippen LogP contribution < -0.4 is 5.73 Å². The average Bonchev–Trinajstić information content (AvgIpc) is 3.21. The van der Waals surface area contributed by atoms with Gasteiger partial charge in [-0.1, -0.05) is 36.4 Å². The van der Waals surface area contributed by atoms with Gasteiger partial charge in [-0.05, 0) is 30.0 Å². The molecular weight excluding hydrogens is 208 g/mol. The molecule has 1 heterocycles. The van der Waals surface area contributed by atoms with Crippen molar-refractivity contribution in [3.05, 3.63) is 66.0 Å². The Hall–Kier alpha value is -1.67. The molecule has 1 aliphatic rings. The van der Waals surface area contributed by atoms with E-state index < -0.39 is 0 Å². The predicted octanol–water partition coefficient (Wildman–Crippen LogP) is 2.81. The minimum Gasteiger partial charge on any atom is -0.323 e. The van der Waals surface area contributed by atoms with E-state index in [0.717, 1.165) is 5.56 Å². The fourth-order valence-corrected chi connectivity index (χ4v) is 2.56. The summed E-state index contributed by atoms with van der Waals surface area (Å²) in [5.74, 6) is 0. The Morgan fingerprint density at radius 2 is 1.82 bits per heavy atom. The molecule has 2 heteroatoms. The minimum atomic E-state index is 0.0543. The second kappa shape index (κ2) is 3.97. The highest BCUT2D eigenvalue weighted by atomic mass is 14.8. The van der Waals surface area contributed by atoms with Crippen LogP contribution in [0.5, 0.6) is 0 Å². The number of benzene rings is 1. The highest BCUT2D eigenvalue weighted by Crippen LogP contribution is 2.55. The molecule has 1 atom stereocenters. The summed E-state index contributed by atoms with van der Waals surface area (Å²) in [5, 5.41) is 0. The minimum absolute atomic E-state index is 0.0543. The lowest BCUT2D eigenvalue weighted by Crippen LogP contribution is -2.26. The van der Waals surface area contributed by atoms with Gasteiger partial charge >= 0.3 is 0 Å². The predicted molar refractivity (Wildman–Crippen MR) is 68.5 cm³/mol. The lowest BCUT2D eigenvalue weighted by molar-refractivity contribution is 0.540. The molecule has 0 radical (unpaired) electrons. The molecule has 2 N–H and O–H groups in total. The van der Waals surface area contributed by atoms with E-state index in [-0.39, 0.29) is 11.5 Å². The van der Waals surface area contributed by atoms with Crippen LogP contribution in [-0.4, -0.2) is 4.98 Å². The molecule has 0 amide bonds. The summed E-state index contributed by atoms with van der Waals surface area (Å²) in [4.78, 5) is 4.16. The Morgan fingerprint density at radius 3 is 2.41 bits per heavy atom. The van der Waals surface area contributed by atoms with Gasteiger partial charge in [0.1, 0.15) is 0 Å². The zero-order chi connectivity index (χ0) is 11.7. The highest BCUT2D eigenvalue weighted by Gasteiger charge is 2.49. The van der Waals surface area contributed by atoms with E-state index in [2.05, 4.69) is 41.4 Å². The number of nitrogens with zero attached hydrogens (tertiary/aromatic N) is 1. The van der Waals surface area contributed by atoms with Crippen molar-refractivity contribution in [2.24, 2.45) is 5.73 Å². The number of pyridine rings is 1. The summed E-state index contributed by atoms with van der Waals surface area (Å²) in [6, 6.07) is 14.7. The molecule has 1 fully saturated rings. The molecule has 1 unspecified atom stereocenters. The molecule has 1 aromatic heterocycles. The topological polar surface area (TPSA) is 38.9 Å². The molecule has 0 bridgehead atoms. The number of hydrogen-bond acceptors (Lipinski definition) is 2. The van der Waals surface area contributed by atoms with E-state index in [9.17, 15) is 0 Å². The number of hydrogen-bond donors (Lipinski definition) is 1. The smallest absolute Gasteiger partial charge is 0.0408 e. The van der Waals surface area contributed by atoms with Crippen LogP contribution in [0.4, 0.5) is 0 Å². The van der Waals surface area contributed by atoms with Crippen LogP contribution in [-0.2, 0) is 5.41 Å². The third-order valence-electron chi connectivity index (χ3n) is 3.78. The van der Waals surface area contributed by atoms with Gasteiger partial charge in [0.05, 0.1) is 0 Å². The van der Waals surface area contributed by atoms with Crippen LogP contribution in [0.1, 0.15) is 30.0 Å². The van der Waals surface area contributed by atoms with E-state index in [0.29, 0.717) is 0 Å². The SMILES string of the molecule is NC(c1cccnc1)C1(c2ccccc2)CC1. The van der Waals surface area contributed by atoms with Crippen LogP contribution in [0.25, 0.3) is 0 Å². The number of aromatic nitrogens is 1. The molecule has 0 spiro atoms. The lowest BCUT2D eigenvalue weighted by atomic mass is 9.85. The first kappa shape index (κ1) is 10.5. The Morgan fingerprint density at radius 1 is 1.06 bits per heavy atom. The fourth-order valence-electron chi connectivity index (χ4n) is 2.56. The van der Waals surface area contributed by atoms with Gasteiger partial charge < -0.3 is 5.73 Å². The standard InChI is InChI=1S/C15H16N2/c16-14(12-5-4-10-17-11-12)15(8-9-15)13-6-2-1-3-7-13/h1-7,10-11,14H,8-9,16H2. The van der Waals surface area contributed by atoms with Crippen LogP contribution >= 0.6 is 0 Å². The van der Waals surface area contributed by atoms with E-state index in [1.807, 2.05) is 12.3 Å². The van der Waals surface area contributed by atoms with Crippen molar-refractivity contribution in [2.45, 2.75) is 24.3 Å². The zero-order valence-corrected chi connectivity index (χ0v) is 9.71. The second-order valence-electron chi connectivity index (χ2n) is 4.79. The highest BCUT2D eigenvalue weighted by molar-refractivity contribution is 5.37. The maximum atomic E-state index is 6.43. The van der Waals surface area contributed by atoms with Crippen molar-refractivity contribution in [3.8, 4) is 0 Å². The van der Waals surface area contributed by atoms with Gasteiger partial charge in [0.25, 0.3) is 0 Å². The summed E-state index contributed by atoms with van der Waals surface area (Å²) < 4.78 is 0. The first-order valence-corrected chi connectivity index (χ1v) is 6.04. The molecule has 2 nitrogen and oxygen atoms in total. The van der Waals surface area contributed by atoms with Crippen molar-refractivity contribution in [1.29, 1.82) is 0 Å². The number of rotatable bonds is 3. The lowest BCUT2D eigenvalue weighted by Gasteiger charge is -2.24. The molecule has 17 heavy (non-hydrogen) atoms. The quantitative estimate of drug-likeness (QED) is 0.870. The third-order valence-corrected chi connectivity index (χ3v) is 3.78. The Kier molecular flexibility index (Phi) is 2.45. The average molecular weight is 224 g/mol. The third kappa shape index (κ3) is 1.75. The largest absolute Gasteiger partial charge is 0.323 e. The first-order valence-electron chi connectivity index (χ1n) is 6.04. The molecule has 3 rings (SSSR count). The van der Waals surface area contributed by atoms with E-state index in [1.165, 1.54) is 18.4 Å². The van der Waals surface area contributed by atoms with Crippen LogP contribution in [0.3, 0.4) is 0 Å². The van der Waals surface area contributed by atoms with Crippen molar-refractivity contribution in [3.63, 3.8) is 0 Å². The van der Waals surface area contributed by atoms with Crippen molar-refractivity contribution >= 4 is 0 Å². The molecule has 0 aliphatic heterocycles. The van der Waals surface area contributed by atoms with E-state index in [4.69, 9.17) is 5.73 Å². The molecule has 1 aliphatic carbocycles. The molecule has 86 valence electrons. The molecule has 1 aromatic carbocycles. The Bertz CT molecular complexity index is 489. The van der Waals surface area contributed by atoms with Crippen LogP contribution in [0, 0.1) is 0 Å². The summed E-state index contributed by atoms with van der Waals surface area (Å²) in [7, 11) is 0. The van der Waals surface area contributed by atoms with Gasteiger partial charge in [0.2, 0.25) is 0 Å². The van der Waals surface area contributed by atoms with Gasteiger partial charge in [-0.25, -0.2) is 0 Å². The maximum Gasteiger partial charge on any atom is 0.0408 e. The van der Waals surface area contributed by atoms with E-state index in [1.54, 1.807) is 6.20 Å². The van der Waals surface area contributed by atoms with Gasteiger partial charge in [0.15, 0.2) is 0 Å². The maximum absolute atomic E-state index is 6.43. The van der Waals surface area contributed by atoms with Crippen molar-refractivity contribution in [2.75, 3.05) is 0 Å². The van der Waals surface area contributed by atoms with Crippen LogP contribution in [0.15, 0.2) is 54.9 Å². The van der Waals surface area contributed by atoms with Crippen LogP contribution in [0.2, 0.25) is 0 Å². The first-order chi connectivity index (χ1) is 8.33. The second-order valence-corrected chi connectivity index (χ2v) is 4.79. The van der Waals surface area contributed by atoms with Gasteiger partial charge in [-0.3, -0.25) is 4.98 Å².